The van der Waals surface area contributed by atoms with Gasteiger partial charge >= 0.3 is 5.69 Å². The Balaban J connectivity index is 2.40. The lowest BCUT2D eigenvalue weighted by Crippen LogP contribution is -1.94. The summed E-state index contributed by atoms with van der Waals surface area (Å²) >= 11 is 3.37. The van der Waals surface area contributed by atoms with Crippen LogP contribution >= 0.6 is 15.9 Å². The summed E-state index contributed by atoms with van der Waals surface area (Å²) < 4.78 is 6.46. The normalized spacial score (nSPS) is 9.85. The fourth-order valence-corrected chi connectivity index (χ4v) is 1.87. The van der Waals surface area contributed by atoms with Gasteiger partial charge in [-0.05, 0) is 42.8 Å². The SMILES string of the molecule is Cc1cc(Oc2ccc(C#N)cc2[N+](=O)[O-])ccc1Br. The molecule has 0 aliphatic rings. The Kier molecular flexibility index (Phi) is 4.01. The second-order valence-electron chi connectivity index (χ2n) is 4.06. The quantitative estimate of drug-likeness (QED) is 0.619. The summed E-state index contributed by atoms with van der Waals surface area (Å²) in [4.78, 5) is 10.4. The van der Waals surface area contributed by atoms with Crippen molar-refractivity contribution in [3.05, 3.63) is 62.1 Å². The molecule has 0 saturated heterocycles. The fourth-order valence-electron chi connectivity index (χ4n) is 1.62. The Labute approximate surface area is 123 Å². The molecule has 0 aliphatic carbocycles. The molecule has 0 N–H and O–H groups in total. The van der Waals surface area contributed by atoms with Crippen LogP contribution in [0.15, 0.2) is 40.9 Å². The summed E-state index contributed by atoms with van der Waals surface area (Å²) in [6.45, 7) is 1.89. The van der Waals surface area contributed by atoms with Crippen molar-refractivity contribution in [3.63, 3.8) is 0 Å². The Hall–Kier alpha value is -2.39. The van der Waals surface area contributed by atoms with E-state index in [2.05, 4.69) is 15.9 Å². The Morgan fingerprint density at radius 1 is 1.30 bits per heavy atom. The van der Waals surface area contributed by atoms with E-state index in [0.717, 1.165) is 10.0 Å². The molecule has 2 aromatic rings. The molecule has 20 heavy (non-hydrogen) atoms. The number of nitrogens with zero attached hydrogens (tertiary/aromatic N) is 2. The average molecular weight is 333 g/mol. The minimum Gasteiger partial charge on any atom is -0.450 e. The second-order valence-corrected chi connectivity index (χ2v) is 4.92. The van der Waals surface area contributed by atoms with Gasteiger partial charge in [0.15, 0.2) is 0 Å². The molecule has 0 heterocycles. The standard InChI is InChI=1S/C14H9BrN2O3/c1-9-6-11(3-4-12(9)15)20-14-5-2-10(8-16)7-13(14)17(18)19/h2-7H,1H3. The van der Waals surface area contributed by atoms with Gasteiger partial charge in [0.1, 0.15) is 5.75 Å². The van der Waals surface area contributed by atoms with E-state index in [9.17, 15) is 10.1 Å². The molecule has 0 aromatic heterocycles. The summed E-state index contributed by atoms with van der Waals surface area (Å²) in [5.74, 6) is 0.606. The van der Waals surface area contributed by atoms with E-state index in [0.29, 0.717) is 5.75 Å². The zero-order valence-corrected chi connectivity index (χ0v) is 12.0. The number of hydrogen-bond acceptors (Lipinski definition) is 4. The zero-order chi connectivity index (χ0) is 14.7. The van der Waals surface area contributed by atoms with E-state index in [-0.39, 0.29) is 17.0 Å². The van der Waals surface area contributed by atoms with Crippen LogP contribution < -0.4 is 4.74 Å². The van der Waals surface area contributed by atoms with Gasteiger partial charge in [0.05, 0.1) is 16.6 Å². The van der Waals surface area contributed by atoms with E-state index in [1.807, 2.05) is 13.0 Å². The maximum absolute atomic E-state index is 11.0. The third-order valence-corrected chi connectivity index (χ3v) is 3.53. The Morgan fingerprint density at radius 2 is 2.05 bits per heavy atom. The van der Waals surface area contributed by atoms with E-state index < -0.39 is 4.92 Å². The van der Waals surface area contributed by atoms with Crippen molar-refractivity contribution in [2.24, 2.45) is 0 Å². The maximum atomic E-state index is 11.0. The van der Waals surface area contributed by atoms with Crippen molar-refractivity contribution < 1.29 is 9.66 Å². The van der Waals surface area contributed by atoms with E-state index in [4.69, 9.17) is 10.00 Å². The van der Waals surface area contributed by atoms with Crippen molar-refractivity contribution in [1.82, 2.24) is 0 Å². The van der Waals surface area contributed by atoms with Crippen LogP contribution in [-0.2, 0) is 0 Å². The lowest BCUT2D eigenvalue weighted by molar-refractivity contribution is -0.385. The number of halogens is 1. The molecular weight excluding hydrogens is 324 g/mol. The van der Waals surface area contributed by atoms with Gasteiger partial charge in [-0.2, -0.15) is 5.26 Å². The summed E-state index contributed by atoms with van der Waals surface area (Å²) in [5.41, 5.74) is 0.944. The number of nitro groups is 1. The van der Waals surface area contributed by atoms with Crippen LogP contribution in [0.2, 0.25) is 0 Å². The van der Waals surface area contributed by atoms with Gasteiger partial charge in [-0.25, -0.2) is 0 Å². The van der Waals surface area contributed by atoms with Gasteiger partial charge in [0.25, 0.3) is 0 Å². The minimum atomic E-state index is -0.568. The molecule has 2 rings (SSSR count). The monoisotopic (exact) mass is 332 g/mol. The number of nitriles is 1. The van der Waals surface area contributed by atoms with Gasteiger partial charge in [0, 0.05) is 10.5 Å². The second kappa shape index (κ2) is 5.72. The zero-order valence-electron chi connectivity index (χ0n) is 10.5. The molecule has 0 amide bonds. The first-order valence-corrected chi connectivity index (χ1v) is 6.43. The van der Waals surface area contributed by atoms with Crippen molar-refractivity contribution in [3.8, 4) is 17.6 Å². The molecule has 0 atom stereocenters. The molecular formula is C14H9BrN2O3. The third-order valence-electron chi connectivity index (χ3n) is 2.64. The molecule has 0 saturated carbocycles. The molecule has 0 aliphatic heterocycles. The molecule has 0 bridgehead atoms. The summed E-state index contributed by atoms with van der Waals surface area (Å²) in [5, 5.41) is 19.8. The van der Waals surface area contributed by atoms with Crippen LogP contribution in [0, 0.1) is 28.4 Å². The molecule has 2 aromatic carbocycles. The van der Waals surface area contributed by atoms with Crippen molar-refractivity contribution in [1.29, 1.82) is 5.26 Å². The van der Waals surface area contributed by atoms with Crippen LogP contribution in [0.1, 0.15) is 11.1 Å². The lowest BCUT2D eigenvalue weighted by Gasteiger charge is -2.08. The fraction of sp³-hybridized carbons (Fsp3) is 0.0714. The minimum absolute atomic E-state index is 0.107. The molecule has 0 spiro atoms. The molecule has 5 nitrogen and oxygen atoms in total. The van der Waals surface area contributed by atoms with Gasteiger partial charge in [-0.3, -0.25) is 10.1 Å². The van der Waals surface area contributed by atoms with Crippen LogP contribution in [0.4, 0.5) is 5.69 Å². The first-order valence-electron chi connectivity index (χ1n) is 5.64. The highest BCUT2D eigenvalue weighted by molar-refractivity contribution is 9.10. The predicted molar refractivity (Wildman–Crippen MR) is 76.8 cm³/mol. The third kappa shape index (κ3) is 2.95. The predicted octanol–water partition coefficient (Wildman–Crippen LogP) is 4.33. The van der Waals surface area contributed by atoms with Crippen LogP contribution in [0.25, 0.3) is 0 Å². The molecule has 6 heteroatoms. The Bertz CT molecular complexity index is 723. The van der Waals surface area contributed by atoms with Crippen LogP contribution in [0.3, 0.4) is 0 Å². The number of aryl methyl sites for hydroxylation is 1. The summed E-state index contributed by atoms with van der Waals surface area (Å²) in [6, 6.07) is 11.2. The summed E-state index contributed by atoms with van der Waals surface area (Å²) in [7, 11) is 0. The van der Waals surface area contributed by atoms with Crippen molar-refractivity contribution in [2.45, 2.75) is 6.92 Å². The molecule has 0 unspecified atom stereocenters. The molecule has 0 fully saturated rings. The van der Waals surface area contributed by atoms with Crippen LogP contribution in [-0.4, -0.2) is 4.92 Å². The Morgan fingerprint density at radius 3 is 2.65 bits per heavy atom. The molecule has 0 radical (unpaired) electrons. The highest BCUT2D eigenvalue weighted by atomic mass is 79.9. The van der Waals surface area contributed by atoms with E-state index >= 15 is 0 Å². The number of rotatable bonds is 3. The highest BCUT2D eigenvalue weighted by Gasteiger charge is 2.17. The number of nitro benzene ring substituents is 1. The summed E-state index contributed by atoms with van der Waals surface area (Å²) in [6.07, 6.45) is 0. The van der Waals surface area contributed by atoms with E-state index in [1.54, 1.807) is 18.2 Å². The highest BCUT2D eigenvalue weighted by Crippen LogP contribution is 2.33. The van der Waals surface area contributed by atoms with Crippen LogP contribution in [0.5, 0.6) is 11.5 Å². The van der Waals surface area contributed by atoms with Crippen molar-refractivity contribution >= 4 is 21.6 Å². The van der Waals surface area contributed by atoms with Crippen molar-refractivity contribution in [2.75, 3.05) is 0 Å². The van der Waals surface area contributed by atoms with Gasteiger partial charge in [-0.1, -0.05) is 15.9 Å². The first-order chi connectivity index (χ1) is 9.51. The first kappa shape index (κ1) is 14.0. The number of ether oxygens (including phenoxy) is 1. The smallest absolute Gasteiger partial charge is 0.312 e. The van der Waals surface area contributed by atoms with Gasteiger partial charge in [-0.15, -0.1) is 0 Å². The van der Waals surface area contributed by atoms with Gasteiger partial charge in [0.2, 0.25) is 5.75 Å². The molecule has 100 valence electrons. The number of hydrogen-bond donors (Lipinski definition) is 0. The van der Waals surface area contributed by atoms with Gasteiger partial charge < -0.3 is 4.74 Å². The largest absolute Gasteiger partial charge is 0.450 e. The van der Waals surface area contributed by atoms with E-state index in [1.165, 1.54) is 18.2 Å². The maximum Gasteiger partial charge on any atom is 0.312 e. The lowest BCUT2D eigenvalue weighted by atomic mass is 10.2. The average Bonchev–Trinajstić information content (AvgIpc) is 2.43. The topological polar surface area (TPSA) is 76.2 Å². The number of benzene rings is 2.